The molecule has 0 radical (unpaired) electrons. The SMILES string of the molecule is COc1cccc2[nH]c(C(=O)N3C[C@H](c4ccccc4)C[C@H]3C(=O)N[C@@H](C[C@@H]3CCNC3=O)C(O)S(=O)(=O)[O-])cc12.[K+]. The molecule has 42 heavy (non-hydrogen) atoms. The van der Waals surface area contributed by atoms with E-state index in [1.807, 2.05) is 30.3 Å². The Hall–Kier alpha value is -2.30. The second kappa shape index (κ2) is 13.6. The van der Waals surface area contributed by atoms with E-state index >= 15 is 0 Å². The van der Waals surface area contributed by atoms with Gasteiger partial charge in [0.05, 0.1) is 13.2 Å². The Labute approximate surface area is 285 Å². The molecule has 3 heterocycles. The molecule has 14 heteroatoms. The van der Waals surface area contributed by atoms with Crippen molar-refractivity contribution in [1.29, 1.82) is 0 Å². The number of carbonyl (C=O) groups is 3. The van der Waals surface area contributed by atoms with E-state index in [-0.39, 0.29) is 88.3 Å². The number of H-pyrrole nitrogens is 1. The zero-order chi connectivity index (χ0) is 29.3. The molecule has 2 aromatic carbocycles. The number of methoxy groups -OCH3 is 1. The van der Waals surface area contributed by atoms with Gasteiger partial charge < -0.3 is 34.9 Å². The number of aliphatic hydroxyl groups excluding tert-OH is 1. The smallest absolute Gasteiger partial charge is 0.746 e. The Bertz CT molecular complexity index is 1560. The van der Waals surface area contributed by atoms with E-state index in [1.54, 1.807) is 24.3 Å². The number of nitrogens with one attached hydrogen (secondary N) is 3. The molecule has 1 aromatic heterocycles. The molecular formula is C28H31KN4O8S. The molecule has 218 valence electrons. The average molecular weight is 623 g/mol. The first-order valence-electron chi connectivity index (χ1n) is 13.3. The van der Waals surface area contributed by atoms with Crippen LogP contribution in [0.1, 0.15) is 41.2 Å². The Morgan fingerprint density at radius 1 is 1.19 bits per heavy atom. The van der Waals surface area contributed by atoms with Crippen LogP contribution in [0.3, 0.4) is 0 Å². The topological polar surface area (TPSA) is 181 Å². The van der Waals surface area contributed by atoms with Crippen molar-refractivity contribution in [1.82, 2.24) is 20.5 Å². The van der Waals surface area contributed by atoms with Gasteiger partial charge in [0.2, 0.25) is 11.8 Å². The van der Waals surface area contributed by atoms with Gasteiger partial charge in [0, 0.05) is 35.8 Å². The van der Waals surface area contributed by atoms with E-state index < -0.39 is 45.4 Å². The molecule has 3 amide bonds. The van der Waals surface area contributed by atoms with E-state index in [0.717, 1.165) is 5.56 Å². The van der Waals surface area contributed by atoms with Gasteiger partial charge in [0.1, 0.15) is 27.6 Å². The number of amides is 3. The van der Waals surface area contributed by atoms with Crippen molar-refractivity contribution in [3.05, 3.63) is 65.9 Å². The van der Waals surface area contributed by atoms with Crippen LogP contribution in [0.4, 0.5) is 0 Å². The Kier molecular flexibility index (Phi) is 10.5. The molecule has 0 aliphatic carbocycles. The zero-order valence-electron chi connectivity index (χ0n) is 23.3. The fourth-order valence-corrected chi connectivity index (χ4v) is 6.34. The summed E-state index contributed by atoms with van der Waals surface area (Å²) in [5.74, 6) is -1.85. The molecule has 0 saturated carbocycles. The first-order valence-corrected chi connectivity index (χ1v) is 14.8. The zero-order valence-corrected chi connectivity index (χ0v) is 27.2. The second-order valence-electron chi connectivity index (χ2n) is 10.4. The normalized spacial score (nSPS) is 21.8. The molecule has 2 fully saturated rings. The largest absolute Gasteiger partial charge is 1.00 e. The number of hydrogen-bond acceptors (Lipinski definition) is 8. The summed E-state index contributed by atoms with van der Waals surface area (Å²) in [4.78, 5) is 44.2. The van der Waals surface area contributed by atoms with Crippen LogP contribution < -0.4 is 66.8 Å². The van der Waals surface area contributed by atoms with Gasteiger partial charge in [0.25, 0.3) is 5.91 Å². The van der Waals surface area contributed by atoms with Gasteiger partial charge in [-0.05, 0) is 43.0 Å². The summed E-state index contributed by atoms with van der Waals surface area (Å²) in [5, 5.41) is 16.2. The molecule has 5 rings (SSSR count). The van der Waals surface area contributed by atoms with Gasteiger partial charge in [0.15, 0.2) is 5.44 Å². The minimum atomic E-state index is -5.22. The Morgan fingerprint density at radius 2 is 1.93 bits per heavy atom. The molecule has 4 N–H and O–H groups in total. The molecule has 12 nitrogen and oxygen atoms in total. The van der Waals surface area contributed by atoms with Crippen molar-refractivity contribution in [2.24, 2.45) is 5.92 Å². The molecule has 2 saturated heterocycles. The van der Waals surface area contributed by atoms with Crippen molar-refractivity contribution in [3.63, 3.8) is 0 Å². The van der Waals surface area contributed by atoms with Crippen molar-refractivity contribution in [2.75, 3.05) is 20.2 Å². The number of likely N-dealkylation sites (tertiary alicyclic amines) is 1. The molecular weight excluding hydrogens is 591 g/mol. The number of aromatic nitrogens is 1. The first kappa shape index (κ1) is 32.6. The number of nitrogens with zero attached hydrogens (tertiary/aromatic N) is 1. The predicted octanol–water partition coefficient (Wildman–Crippen LogP) is -1.95. The minimum Gasteiger partial charge on any atom is -0.746 e. The quantitative estimate of drug-likeness (QED) is 0.157. The monoisotopic (exact) mass is 622 g/mol. The number of benzene rings is 2. The third kappa shape index (κ3) is 6.91. The summed E-state index contributed by atoms with van der Waals surface area (Å²) < 4.78 is 40.6. The summed E-state index contributed by atoms with van der Waals surface area (Å²) in [5.41, 5.74) is -0.639. The predicted molar refractivity (Wildman–Crippen MR) is 147 cm³/mol. The van der Waals surface area contributed by atoms with Crippen molar-refractivity contribution >= 4 is 38.7 Å². The van der Waals surface area contributed by atoms with Crippen LogP contribution in [0.5, 0.6) is 5.75 Å². The summed E-state index contributed by atoms with van der Waals surface area (Å²) >= 11 is 0. The van der Waals surface area contributed by atoms with Crippen LogP contribution in [0, 0.1) is 5.92 Å². The molecule has 3 aromatic rings. The fourth-order valence-electron chi connectivity index (χ4n) is 5.75. The van der Waals surface area contributed by atoms with Crippen LogP contribution in [0.15, 0.2) is 54.6 Å². The number of carbonyl (C=O) groups excluding carboxylic acids is 3. The number of aromatic amines is 1. The molecule has 0 bridgehead atoms. The number of hydrogen-bond donors (Lipinski definition) is 4. The fraction of sp³-hybridized carbons (Fsp3) is 0.393. The first-order chi connectivity index (χ1) is 19.6. The number of fused-ring (bicyclic) bond motifs is 1. The van der Waals surface area contributed by atoms with E-state index in [9.17, 15) is 32.5 Å². The third-order valence-corrected chi connectivity index (χ3v) is 8.80. The van der Waals surface area contributed by atoms with Crippen LogP contribution in [-0.2, 0) is 19.7 Å². The Morgan fingerprint density at radius 3 is 2.57 bits per heavy atom. The summed E-state index contributed by atoms with van der Waals surface area (Å²) in [7, 11) is -3.69. The van der Waals surface area contributed by atoms with Gasteiger partial charge in [-0.25, -0.2) is 8.42 Å². The van der Waals surface area contributed by atoms with Gasteiger partial charge in [-0.1, -0.05) is 36.4 Å². The third-order valence-electron chi connectivity index (χ3n) is 7.88. The molecule has 0 spiro atoms. The van der Waals surface area contributed by atoms with E-state index in [0.29, 0.717) is 29.6 Å². The molecule has 2 aliphatic heterocycles. The molecule has 1 unspecified atom stereocenters. The molecule has 2 aliphatic rings. The maximum absolute atomic E-state index is 13.8. The summed E-state index contributed by atoms with van der Waals surface area (Å²) in [6.45, 7) is 0.564. The summed E-state index contributed by atoms with van der Waals surface area (Å²) in [6.07, 6.45) is 0.345. The minimum absolute atomic E-state index is 0. The van der Waals surface area contributed by atoms with Gasteiger partial charge in [-0.3, -0.25) is 14.4 Å². The van der Waals surface area contributed by atoms with Gasteiger partial charge in [-0.15, -0.1) is 0 Å². The van der Waals surface area contributed by atoms with E-state index in [4.69, 9.17) is 4.74 Å². The van der Waals surface area contributed by atoms with Gasteiger partial charge in [-0.2, -0.15) is 0 Å². The van der Waals surface area contributed by atoms with Crippen LogP contribution in [0.25, 0.3) is 10.9 Å². The van der Waals surface area contributed by atoms with Crippen LogP contribution in [-0.4, -0.2) is 83.4 Å². The second-order valence-corrected chi connectivity index (χ2v) is 11.9. The number of rotatable bonds is 9. The number of aliphatic hydroxyl groups is 1. The van der Waals surface area contributed by atoms with E-state index in [2.05, 4.69) is 15.6 Å². The average Bonchev–Trinajstić information content (AvgIpc) is 3.70. The number of ether oxygens (including phenoxy) is 1. The van der Waals surface area contributed by atoms with Crippen molar-refractivity contribution < 1.29 is 88.6 Å². The summed E-state index contributed by atoms with van der Waals surface area (Å²) in [6, 6.07) is 13.8. The van der Waals surface area contributed by atoms with Crippen molar-refractivity contribution in [3.8, 4) is 5.75 Å². The maximum Gasteiger partial charge on any atom is 1.00 e. The van der Waals surface area contributed by atoms with Gasteiger partial charge >= 0.3 is 51.4 Å². The Balaban J connectivity index is 0.00000405. The van der Waals surface area contributed by atoms with Crippen LogP contribution >= 0.6 is 0 Å². The maximum atomic E-state index is 13.8. The van der Waals surface area contributed by atoms with E-state index in [1.165, 1.54) is 12.0 Å². The van der Waals surface area contributed by atoms with Crippen molar-refractivity contribution in [2.45, 2.75) is 42.7 Å². The standard InChI is InChI=1S/C28H32N4O8S.K/c1-40-24-9-5-8-20-19(24)14-21(30-20)27(35)32-15-18(16-6-3-2-4-7-16)13-23(32)26(34)31-22(28(36)41(37,38)39)12-17-10-11-29-25(17)33;/h2-9,14,17-18,22-23,28,30,36H,10-13,15H2,1H3,(H,29,33)(H,31,34)(H,37,38,39);/q;+1/p-1/t17-,18+,22-,23-,28?;/m0./s1. The molecule has 5 atom stereocenters. The van der Waals surface area contributed by atoms with Crippen LogP contribution in [0.2, 0.25) is 0 Å².